The molecule has 0 amide bonds. The fraction of sp³-hybridized carbons (Fsp3) is 0.500. The number of aliphatic hydroxyl groups excluding tert-OH is 1. The first kappa shape index (κ1) is 12.2. The van der Waals surface area contributed by atoms with E-state index in [4.69, 9.17) is 9.47 Å². The van der Waals surface area contributed by atoms with Crippen molar-refractivity contribution in [3.63, 3.8) is 0 Å². The van der Waals surface area contributed by atoms with E-state index in [1.807, 2.05) is 37.3 Å². The average molecular weight is 210 g/mol. The van der Waals surface area contributed by atoms with Gasteiger partial charge in [-0.2, -0.15) is 0 Å². The van der Waals surface area contributed by atoms with Crippen LogP contribution in [0, 0.1) is 5.92 Å². The van der Waals surface area contributed by atoms with Crippen molar-refractivity contribution in [3.8, 4) is 0 Å². The average Bonchev–Trinajstić information content (AvgIpc) is 2.29. The van der Waals surface area contributed by atoms with Gasteiger partial charge in [0.15, 0.2) is 0 Å². The largest absolute Gasteiger partial charge is 0.388 e. The Morgan fingerprint density at radius 3 is 2.53 bits per heavy atom. The standard InChI is InChI=1S/C12H18O3/c1-10(8-15-9-14-2)12(13)11-6-4-3-5-7-11/h3-7,10,12-13H,8-9H2,1-2H3/t10-,12+/m1/s1. The van der Waals surface area contributed by atoms with E-state index in [1.54, 1.807) is 7.11 Å². The third-order valence-electron chi connectivity index (χ3n) is 2.26. The minimum atomic E-state index is -0.483. The quantitative estimate of drug-likeness (QED) is 0.576. The molecular weight excluding hydrogens is 192 g/mol. The summed E-state index contributed by atoms with van der Waals surface area (Å²) in [6.07, 6.45) is -0.483. The molecule has 3 heteroatoms. The number of ether oxygens (including phenoxy) is 2. The van der Waals surface area contributed by atoms with Crippen LogP contribution >= 0.6 is 0 Å². The van der Waals surface area contributed by atoms with Crippen molar-refractivity contribution in [3.05, 3.63) is 35.9 Å². The van der Waals surface area contributed by atoms with Gasteiger partial charge in [-0.25, -0.2) is 0 Å². The third-order valence-corrected chi connectivity index (χ3v) is 2.26. The van der Waals surface area contributed by atoms with Crippen molar-refractivity contribution in [1.29, 1.82) is 0 Å². The highest BCUT2D eigenvalue weighted by atomic mass is 16.7. The molecule has 0 aromatic heterocycles. The Morgan fingerprint density at radius 2 is 1.93 bits per heavy atom. The lowest BCUT2D eigenvalue weighted by atomic mass is 9.98. The number of methoxy groups -OCH3 is 1. The molecule has 0 fully saturated rings. The molecule has 0 radical (unpaired) electrons. The van der Waals surface area contributed by atoms with Crippen LogP contribution in [0.4, 0.5) is 0 Å². The molecule has 1 aromatic carbocycles. The number of hydrogen-bond acceptors (Lipinski definition) is 3. The van der Waals surface area contributed by atoms with E-state index in [1.165, 1.54) is 0 Å². The molecule has 3 nitrogen and oxygen atoms in total. The van der Waals surface area contributed by atoms with Gasteiger partial charge in [0.2, 0.25) is 0 Å². The smallest absolute Gasteiger partial charge is 0.146 e. The summed E-state index contributed by atoms with van der Waals surface area (Å²) in [4.78, 5) is 0. The maximum Gasteiger partial charge on any atom is 0.146 e. The van der Waals surface area contributed by atoms with Crippen molar-refractivity contribution in [1.82, 2.24) is 0 Å². The molecule has 0 bridgehead atoms. The zero-order chi connectivity index (χ0) is 11.1. The number of aliphatic hydroxyl groups is 1. The summed E-state index contributed by atoms with van der Waals surface area (Å²) >= 11 is 0. The van der Waals surface area contributed by atoms with Crippen molar-refractivity contribution in [2.24, 2.45) is 5.92 Å². The van der Waals surface area contributed by atoms with Gasteiger partial charge in [0.25, 0.3) is 0 Å². The highest BCUT2D eigenvalue weighted by Crippen LogP contribution is 2.21. The van der Waals surface area contributed by atoms with Crippen molar-refractivity contribution < 1.29 is 14.6 Å². The molecule has 0 heterocycles. The van der Waals surface area contributed by atoms with Crippen LogP contribution in [0.1, 0.15) is 18.6 Å². The van der Waals surface area contributed by atoms with Gasteiger partial charge in [-0.3, -0.25) is 0 Å². The summed E-state index contributed by atoms with van der Waals surface area (Å²) in [7, 11) is 1.58. The Bertz CT molecular complexity index is 261. The molecule has 84 valence electrons. The maximum absolute atomic E-state index is 9.97. The van der Waals surface area contributed by atoms with Crippen LogP contribution in [0.2, 0.25) is 0 Å². The molecule has 0 aliphatic carbocycles. The van der Waals surface area contributed by atoms with Gasteiger partial charge in [-0.05, 0) is 5.56 Å². The summed E-state index contributed by atoms with van der Waals surface area (Å²) in [6, 6.07) is 9.60. The van der Waals surface area contributed by atoms with E-state index in [9.17, 15) is 5.11 Å². The maximum atomic E-state index is 9.97. The molecule has 0 saturated heterocycles. The summed E-state index contributed by atoms with van der Waals surface area (Å²) in [5, 5.41) is 9.97. The third kappa shape index (κ3) is 4.00. The Kier molecular flexibility index (Phi) is 5.32. The van der Waals surface area contributed by atoms with E-state index >= 15 is 0 Å². The van der Waals surface area contributed by atoms with Crippen LogP contribution in [0.15, 0.2) is 30.3 Å². The molecule has 1 aromatic rings. The van der Waals surface area contributed by atoms with E-state index in [-0.39, 0.29) is 12.7 Å². The van der Waals surface area contributed by atoms with Crippen LogP contribution in [0.5, 0.6) is 0 Å². The fourth-order valence-electron chi connectivity index (χ4n) is 1.39. The second-order valence-electron chi connectivity index (χ2n) is 3.61. The molecule has 0 spiro atoms. The topological polar surface area (TPSA) is 38.7 Å². The van der Waals surface area contributed by atoms with Crippen LogP contribution in [-0.2, 0) is 9.47 Å². The monoisotopic (exact) mass is 210 g/mol. The van der Waals surface area contributed by atoms with Gasteiger partial charge in [0.05, 0.1) is 12.7 Å². The molecule has 0 aliphatic rings. The van der Waals surface area contributed by atoms with Crippen molar-refractivity contribution in [2.45, 2.75) is 13.0 Å². The highest BCUT2D eigenvalue weighted by molar-refractivity contribution is 5.17. The lowest BCUT2D eigenvalue weighted by Crippen LogP contribution is -2.16. The van der Waals surface area contributed by atoms with Crippen LogP contribution in [-0.4, -0.2) is 25.6 Å². The first-order valence-corrected chi connectivity index (χ1v) is 5.05. The predicted octanol–water partition coefficient (Wildman–Crippen LogP) is 1.98. The molecule has 15 heavy (non-hydrogen) atoms. The SMILES string of the molecule is COCOC[C@@H](C)[C@H](O)c1ccccc1. The summed E-state index contributed by atoms with van der Waals surface area (Å²) in [5.74, 6) is 0.0579. The van der Waals surface area contributed by atoms with Gasteiger partial charge < -0.3 is 14.6 Å². The lowest BCUT2D eigenvalue weighted by Gasteiger charge is -2.18. The Balaban J connectivity index is 2.42. The fourth-order valence-corrected chi connectivity index (χ4v) is 1.39. The van der Waals surface area contributed by atoms with Gasteiger partial charge in [-0.1, -0.05) is 37.3 Å². The second kappa shape index (κ2) is 6.56. The lowest BCUT2D eigenvalue weighted by molar-refractivity contribution is -0.0577. The van der Waals surface area contributed by atoms with Gasteiger partial charge in [0, 0.05) is 13.0 Å². The van der Waals surface area contributed by atoms with E-state index in [2.05, 4.69) is 0 Å². The Labute approximate surface area is 90.6 Å². The van der Waals surface area contributed by atoms with E-state index < -0.39 is 6.10 Å². The first-order chi connectivity index (χ1) is 7.25. The molecule has 0 unspecified atom stereocenters. The molecule has 0 saturated carbocycles. The number of benzene rings is 1. The molecule has 1 N–H and O–H groups in total. The highest BCUT2D eigenvalue weighted by Gasteiger charge is 2.15. The molecule has 1 rings (SSSR count). The first-order valence-electron chi connectivity index (χ1n) is 5.05. The molecule has 0 aliphatic heterocycles. The summed E-state index contributed by atoms with van der Waals surface area (Å²) in [6.45, 7) is 2.71. The second-order valence-corrected chi connectivity index (χ2v) is 3.61. The number of hydrogen-bond donors (Lipinski definition) is 1. The number of rotatable bonds is 6. The minimum Gasteiger partial charge on any atom is -0.388 e. The van der Waals surface area contributed by atoms with Crippen LogP contribution in [0.3, 0.4) is 0 Å². The predicted molar refractivity (Wildman–Crippen MR) is 58.4 cm³/mol. The molecular formula is C12H18O3. The van der Waals surface area contributed by atoms with Gasteiger partial charge in [-0.15, -0.1) is 0 Å². The van der Waals surface area contributed by atoms with Crippen molar-refractivity contribution >= 4 is 0 Å². The zero-order valence-corrected chi connectivity index (χ0v) is 9.22. The van der Waals surface area contributed by atoms with Crippen molar-refractivity contribution in [2.75, 3.05) is 20.5 Å². The van der Waals surface area contributed by atoms with Crippen LogP contribution in [0.25, 0.3) is 0 Å². The Hall–Kier alpha value is -0.900. The normalized spacial score (nSPS) is 14.9. The van der Waals surface area contributed by atoms with E-state index in [0.717, 1.165) is 5.56 Å². The van der Waals surface area contributed by atoms with E-state index in [0.29, 0.717) is 6.61 Å². The van der Waals surface area contributed by atoms with Gasteiger partial charge >= 0.3 is 0 Å². The van der Waals surface area contributed by atoms with Crippen LogP contribution < -0.4 is 0 Å². The Morgan fingerprint density at radius 1 is 1.27 bits per heavy atom. The minimum absolute atomic E-state index is 0.0579. The van der Waals surface area contributed by atoms with Gasteiger partial charge in [0.1, 0.15) is 6.79 Å². The summed E-state index contributed by atoms with van der Waals surface area (Å²) in [5.41, 5.74) is 0.922. The summed E-state index contributed by atoms with van der Waals surface area (Å²) < 4.78 is 9.98. The molecule has 2 atom stereocenters. The zero-order valence-electron chi connectivity index (χ0n) is 9.22.